The Morgan fingerprint density at radius 1 is 1.16 bits per heavy atom. The average Bonchev–Trinajstić information content (AvgIpc) is 2.63. The lowest BCUT2D eigenvalue weighted by Gasteiger charge is -2.12. The monoisotopic (exact) mass is 334 g/mol. The van der Waals surface area contributed by atoms with Crippen molar-refractivity contribution in [2.24, 2.45) is 7.05 Å². The van der Waals surface area contributed by atoms with Crippen LogP contribution in [-0.2, 0) is 18.4 Å². The molecule has 0 spiro atoms. The van der Waals surface area contributed by atoms with E-state index in [0.29, 0.717) is 22.2 Å². The van der Waals surface area contributed by atoms with Crippen molar-refractivity contribution < 1.29 is 4.79 Å². The first-order chi connectivity index (χ1) is 12.0. The smallest absolute Gasteiger partial charge is 0.324 e. The van der Waals surface area contributed by atoms with Gasteiger partial charge in [-0.3, -0.25) is 18.7 Å². The normalized spacial score (nSPS) is 10.4. The minimum Gasteiger partial charge on any atom is -0.324 e. The number of fused-ring (bicyclic) bond motifs is 1. The van der Waals surface area contributed by atoms with Gasteiger partial charge in [-0.05, 0) is 30.3 Å². The summed E-state index contributed by atoms with van der Waals surface area (Å²) in [5, 5.41) is 11.9. The number of hydrogen-bond acceptors (Lipinski definition) is 4. The summed E-state index contributed by atoms with van der Waals surface area (Å²) in [7, 11) is 1.38. The summed E-state index contributed by atoms with van der Waals surface area (Å²) >= 11 is 0. The Morgan fingerprint density at radius 2 is 1.92 bits per heavy atom. The number of amides is 1. The first-order valence-electron chi connectivity index (χ1n) is 7.50. The van der Waals surface area contributed by atoms with Gasteiger partial charge in [0.05, 0.1) is 22.5 Å². The van der Waals surface area contributed by atoms with Crippen LogP contribution in [-0.4, -0.2) is 15.0 Å². The summed E-state index contributed by atoms with van der Waals surface area (Å²) in [5.41, 5.74) is 0.314. The zero-order chi connectivity index (χ0) is 18.0. The molecule has 0 saturated carbocycles. The number of aromatic nitrogens is 2. The van der Waals surface area contributed by atoms with E-state index in [9.17, 15) is 14.4 Å². The summed E-state index contributed by atoms with van der Waals surface area (Å²) in [4.78, 5) is 36.9. The predicted molar refractivity (Wildman–Crippen MR) is 93.2 cm³/mol. The fourth-order valence-electron chi connectivity index (χ4n) is 2.60. The van der Waals surface area contributed by atoms with Crippen LogP contribution in [0, 0.1) is 11.3 Å². The van der Waals surface area contributed by atoms with E-state index < -0.39 is 17.2 Å². The molecule has 0 aliphatic heterocycles. The minimum absolute atomic E-state index is 0.246. The highest BCUT2D eigenvalue weighted by molar-refractivity contribution is 5.91. The number of nitriles is 1. The number of anilines is 1. The molecule has 0 unspecified atom stereocenters. The van der Waals surface area contributed by atoms with Gasteiger partial charge in [0.2, 0.25) is 5.91 Å². The van der Waals surface area contributed by atoms with Gasteiger partial charge >= 0.3 is 5.69 Å². The molecule has 0 aliphatic rings. The average molecular weight is 334 g/mol. The number of carbonyl (C=O) groups is 1. The topological polar surface area (TPSA) is 96.9 Å². The Kier molecular flexibility index (Phi) is 4.18. The summed E-state index contributed by atoms with van der Waals surface area (Å²) in [6.07, 6.45) is 0. The van der Waals surface area contributed by atoms with E-state index in [0.717, 1.165) is 4.57 Å². The first-order valence-corrected chi connectivity index (χ1v) is 7.50. The van der Waals surface area contributed by atoms with Gasteiger partial charge in [-0.2, -0.15) is 5.26 Å². The molecule has 0 fully saturated rings. The molecule has 25 heavy (non-hydrogen) atoms. The molecule has 3 rings (SSSR count). The Bertz CT molecular complexity index is 1140. The molecule has 3 aromatic rings. The number of nitrogens with one attached hydrogen (secondary N) is 1. The van der Waals surface area contributed by atoms with Crippen LogP contribution in [0.25, 0.3) is 10.9 Å². The third-order valence-corrected chi connectivity index (χ3v) is 3.82. The summed E-state index contributed by atoms with van der Waals surface area (Å²) in [6, 6.07) is 15.1. The van der Waals surface area contributed by atoms with Gasteiger partial charge < -0.3 is 5.32 Å². The van der Waals surface area contributed by atoms with Crippen molar-refractivity contribution in [2.45, 2.75) is 6.54 Å². The molecule has 1 heterocycles. The lowest BCUT2D eigenvalue weighted by molar-refractivity contribution is -0.116. The fraction of sp³-hybridized carbons (Fsp3) is 0.111. The Balaban J connectivity index is 1.98. The molecular weight excluding hydrogens is 320 g/mol. The van der Waals surface area contributed by atoms with E-state index in [4.69, 9.17) is 5.26 Å². The van der Waals surface area contributed by atoms with Crippen molar-refractivity contribution in [1.82, 2.24) is 9.13 Å². The summed E-state index contributed by atoms with van der Waals surface area (Å²) in [5.74, 6) is -0.430. The predicted octanol–water partition coefficient (Wildman–Crippen LogP) is 1.21. The number of hydrogen-bond donors (Lipinski definition) is 1. The highest BCUT2D eigenvalue weighted by Gasteiger charge is 2.13. The van der Waals surface area contributed by atoms with Crippen LogP contribution in [0.4, 0.5) is 5.69 Å². The minimum atomic E-state index is -0.565. The van der Waals surface area contributed by atoms with Gasteiger partial charge in [0.1, 0.15) is 6.54 Å². The van der Waals surface area contributed by atoms with E-state index in [1.165, 1.54) is 11.6 Å². The highest BCUT2D eigenvalue weighted by atomic mass is 16.2. The number of rotatable bonds is 3. The maximum atomic E-state index is 12.4. The highest BCUT2D eigenvalue weighted by Crippen LogP contribution is 2.11. The van der Waals surface area contributed by atoms with E-state index in [2.05, 4.69) is 5.32 Å². The maximum absolute atomic E-state index is 12.4. The molecular formula is C18H14N4O3. The number of nitrogens with zero attached hydrogens (tertiary/aromatic N) is 3. The van der Waals surface area contributed by atoms with Crippen LogP contribution in [0.5, 0.6) is 0 Å². The maximum Gasteiger partial charge on any atom is 0.331 e. The van der Waals surface area contributed by atoms with Crippen LogP contribution in [0.3, 0.4) is 0 Å². The molecule has 124 valence electrons. The van der Waals surface area contributed by atoms with Gasteiger partial charge in [0, 0.05) is 12.7 Å². The third-order valence-electron chi connectivity index (χ3n) is 3.82. The molecule has 1 N–H and O–H groups in total. The van der Waals surface area contributed by atoms with E-state index in [1.807, 2.05) is 6.07 Å². The SMILES string of the molecule is Cn1c(=O)c2ccccc2n(CC(=O)Nc2cccc(C#N)c2)c1=O. The molecule has 0 atom stereocenters. The Morgan fingerprint density at radius 3 is 2.68 bits per heavy atom. The largest absolute Gasteiger partial charge is 0.331 e. The van der Waals surface area contributed by atoms with Crippen molar-refractivity contribution in [3.8, 4) is 6.07 Å². The molecule has 0 bridgehead atoms. The molecule has 1 aromatic heterocycles. The number of para-hydroxylation sites is 1. The van der Waals surface area contributed by atoms with Crippen LogP contribution in [0.1, 0.15) is 5.56 Å². The second-order valence-corrected chi connectivity index (χ2v) is 5.49. The van der Waals surface area contributed by atoms with Gasteiger partial charge in [0.25, 0.3) is 5.56 Å². The number of carbonyl (C=O) groups excluding carboxylic acids is 1. The molecule has 1 amide bonds. The Labute approximate surface area is 142 Å². The second-order valence-electron chi connectivity index (χ2n) is 5.49. The molecule has 0 saturated heterocycles. The van der Waals surface area contributed by atoms with Crippen molar-refractivity contribution in [2.75, 3.05) is 5.32 Å². The van der Waals surface area contributed by atoms with Gasteiger partial charge in [-0.1, -0.05) is 18.2 Å². The summed E-state index contributed by atoms with van der Waals surface area (Å²) < 4.78 is 2.23. The van der Waals surface area contributed by atoms with E-state index in [1.54, 1.807) is 48.5 Å². The Hall–Kier alpha value is -3.66. The van der Waals surface area contributed by atoms with Gasteiger partial charge in [-0.15, -0.1) is 0 Å². The molecule has 0 radical (unpaired) electrons. The van der Waals surface area contributed by atoms with Crippen LogP contribution in [0.15, 0.2) is 58.1 Å². The first kappa shape index (κ1) is 16.2. The lowest BCUT2D eigenvalue weighted by Crippen LogP contribution is -2.40. The fourth-order valence-corrected chi connectivity index (χ4v) is 2.60. The van der Waals surface area contributed by atoms with Crippen LogP contribution < -0.4 is 16.6 Å². The molecule has 7 nitrogen and oxygen atoms in total. The second kappa shape index (κ2) is 6.45. The van der Waals surface area contributed by atoms with Gasteiger partial charge in [0.15, 0.2) is 0 Å². The van der Waals surface area contributed by atoms with Crippen molar-refractivity contribution >= 4 is 22.5 Å². The third kappa shape index (κ3) is 3.05. The summed E-state index contributed by atoms with van der Waals surface area (Å²) in [6.45, 7) is -0.246. The van der Waals surface area contributed by atoms with E-state index in [-0.39, 0.29) is 6.54 Å². The molecule has 7 heteroatoms. The molecule has 2 aromatic carbocycles. The van der Waals surface area contributed by atoms with Crippen molar-refractivity contribution in [3.05, 3.63) is 74.9 Å². The lowest BCUT2D eigenvalue weighted by atomic mass is 10.2. The van der Waals surface area contributed by atoms with E-state index >= 15 is 0 Å². The van der Waals surface area contributed by atoms with Gasteiger partial charge in [-0.25, -0.2) is 4.79 Å². The standard InChI is InChI=1S/C18H14N4O3/c1-21-17(24)14-7-2-3-8-15(14)22(18(21)25)11-16(23)20-13-6-4-5-12(9-13)10-19/h2-9H,11H2,1H3,(H,20,23). The quantitative estimate of drug-likeness (QED) is 0.778. The van der Waals surface area contributed by atoms with Crippen LogP contribution in [0.2, 0.25) is 0 Å². The zero-order valence-corrected chi connectivity index (χ0v) is 13.4. The van der Waals surface area contributed by atoms with Crippen molar-refractivity contribution in [3.63, 3.8) is 0 Å². The molecule has 0 aliphatic carbocycles. The van der Waals surface area contributed by atoms with Crippen LogP contribution >= 0.6 is 0 Å². The van der Waals surface area contributed by atoms with Crippen molar-refractivity contribution in [1.29, 1.82) is 5.26 Å². The zero-order valence-electron chi connectivity index (χ0n) is 13.4. The number of benzene rings is 2.